The Kier molecular flexibility index (Phi) is 6.53. The highest BCUT2D eigenvalue weighted by atomic mass is 16.6. The van der Waals surface area contributed by atoms with E-state index in [4.69, 9.17) is 14.2 Å². The zero-order valence-corrected chi connectivity index (χ0v) is 14.8. The van der Waals surface area contributed by atoms with Crippen molar-refractivity contribution in [3.8, 4) is 0 Å². The third-order valence-corrected chi connectivity index (χ3v) is 3.82. The van der Waals surface area contributed by atoms with Crippen LogP contribution in [0.3, 0.4) is 0 Å². The summed E-state index contributed by atoms with van der Waals surface area (Å²) < 4.78 is 18.2. The molecule has 1 aliphatic rings. The Morgan fingerprint density at radius 2 is 1.96 bits per heavy atom. The predicted octanol–water partition coefficient (Wildman–Crippen LogP) is -0.494. The van der Waals surface area contributed by atoms with Crippen LogP contribution in [0, 0.1) is 0 Å². The van der Waals surface area contributed by atoms with Crippen LogP contribution in [0.4, 0.5) is 0 Å². The molecule has 142 valence electrons. The fourth-order valence-corrected chi connectivity index (χ4v) is 2.68. The third-order valence-electron chi connectivity index (χ3n) is 3.82. The Bertz CT molecular complexity index is 682. The van der Waals surface area contributed by atoms with Crippen molar-refractivity contribution in [1.29, 1.82) is 0 Å². The van der Waals surface area contributed by atoms with Crippen molar-refractivity contribution in [1.82, 2.24) is 9.55 Å². The van der Waals surface area contributed by atoms with E-state index in [0.717, 1.165) is 4.57 Å². The zero-order valence-electron chi connectivity index (χ0n) is 14.8. The summed E-state index contributed by atoms with van der Waals surface area (Å²) in [5.74, 6) is 0. The Morgan fingerprint density at radius 3 is 2.52 bits per heavy atom. The molecule has 25 heavy (non-hydrogen) atoms. The molecule has 0 bridgehead atoms. The second kappa shape index (κ2) is 8.24. The van der Waals surface area contributed by atoms with Crippen LogP contribution in [0.1, 0.15) is 39.5 Å². The maximum atomic E-state index is 12.1. The van der Waals surface area contributed by atoms with Gasteiger partial charge in [-0.15, -0.1) is 0 Å². The quantitative estimate of drug-likeness (QED) is 0.601. The average Bonchev–Trinajstić information content (AvgIpc) is 2.82. The van der Waals surface area contributed by atoms with Gasteiger partial charge in [0.2, 0.25) is 0 Å². The van der Waals surface area contributed by atoms with Crippen LogP contribution >= 0.6 is 0 Å². The van der Waals surface area contributed by atoms with Gasteiger partial charge in [0.25, 0.3) is 5.56 Å². The zero-order chi connectivity index (χ0) is 18.7. The topological polar surface area (TPSA) is 123 Å². The fraction of sp³-hybridized carbons (Fsp3) is 0.750. The summed E-state index contributed by atoms with van der Waals surface area (Å²) in [6.07, 6.45) is -2.48. The first kappa shape index (κ1) is 19.8. The number of ether oxygens (including phenoxy) is 3. The molecule has 3 N–H and O–H groups in total. The van der Waals surface area contributed by atoms with E-state index < -0.39 is 42.4 Å². The molecule has 0 aromatic carbocycles. The normalized spacial score (nSPS) is 26.7. The van der Waals surface area contributed by atoms with Crippen molar-refractivity contribution in [2.75, 3.05) is 6.61 Å². The number of hydrogen-bond acceptors (Lipinski definition) is 7. The summed E-state index contributed by atoms with van der Waals surface area (Å²) in [4.78, 5) is 25.8. The van der Waals surface area contributed by atoms with Crippen LogP contribution in [-0.4, -0.2) is 56.9 Å². The molecule has 1 aromatic heterocycles. The summed E-state index contributed by atoms with van der Waals surface area (Å²) in [6, 6.07) is 0. The van der Waals surface area contributed by atoms with Crippen molar-refractivity contribution in [3.63, 3.8) is 0 Å². The first-order valence-electron chi connectivity index (χ1n) is 8.30. The molecule has 9 heteroatoms. The Labute approximate surface area is 145 Å². The van der Waals surface area contributed by atoms with E-state index in [1.165, 1.54) is 6.20 Å². The highest BCUT2D eigenvalue weighted by Gasteiger charge is 2.46. The first-order valence-corrected chi connectivity index (χ1v) is 8.30. The lowest BCUT2D eigenvalue weighted by Crippen LogP contribution is -2.41. The molecule has 2 heterocycles. The highest BCUT2D eigenvalue weighted by Crippen LogP contribution is 2.31. The van der Waals surface area contributed by atoms with Crippen LogP contribution in [-0.2, 0) is 20.8 Å². The van der Waals surface area contributed by atoms with Crippen molar-refractivity contribution in [2.45, 2.75) is 71.0 Å². The van der Waals surface area contributed by atoms with Crippen LogP contribution in [0.15, 0.2) is 15.8 Å². The van der Waals surface area contributed by atoms with Gasteiger partial charge in [-0.05, 0) is 27.7 Å². The standard InChI is InChI=1S/C16H26N2O7/c1-8(2)23-7-11-13(24-9(3)4)12(20)15(25-11)18-5-10(6-19)14(21)17-16(18)22/h5,8-9,11-13,15,19-20H,6-7H2,1-4H3,(H,17,21,22)/t11-,12+,13?,15-/m1/s1. The maximum Gasteiger partial charge on any atom is 0.330 e. The van der Waals surface area contributed by atoms with Gasteiger partial charge in [0.15, 0.2) is 6.23 Å². The van der Waals surface area contributed by atoms with Crippen LogP contribution < -0.4 is 11.2 Å². The van der Waals surface area contributed by atoms with E-state index in [-0.39, 0.29) is 24.4 Å². The molecule has 0 saturated carbocycles. The van der Waals surface area contributed by atoms with E-state index in [1.807, 2.05) is 27.7 Å². The maximum absolute atomic E-state index is 12.1. The summed E-state index contributed by atoms with van der Waals surface area (Å²) in [5, 5.41) is 19.9. The van der Waals surface area contributed by atoms with Crippen molar-refractivity contribution >= 4 is 0 Å². The molecule has 0 aliphatic carbocycles. The van der Waals surface area contributed by atoms with Gasteiger partial charge in [-0.25, -0.2) is 4.79 Å². The number of aliphatic hydroxyl groups excluding tert-OH is 2. The monoisotopic (exact) mass is 358 g/mol. The summed E-state index contributed by atoms with van der Waals surface area (Å²) >= 11 is 0. The van der Waals surface area contributed by atoms with Gasteiger partial charge in [0, 0.05) is 6.20 Å². The lowest BCUT2D eigenvalue weighted by molar-refractivity contribution is -0.0979. The number of nitrogens with zero attached hydrogens (tertiary/aromatic N) is 1. The number of aromatic amines is 1. The second-order valence-electron chi connectivity index (χ2n) is 6.57. The van der Waals surface area contributed by atoms with Gasteiger partial charge in [0.1, 0.15) is 18.3 Å². The molecule has 0 amide bonds. The molecule has 0 spiro atoms. The van der Waals surface area contributed by atoms with E-state index in [9.17, 15) is 19.8 Å². The summed E-state index contributed by atoms with van der Waals surface area (Å²) in [7, 11) is 0. The molecular formula is C16H26N2O7. The largest absolute Gasteiger partial charge is 0.391 e. The molecule has 1 saturated heterocycles. The van der Waals surface area contributed by atoms with Gasteiger partial charge in [0.05, 0.1) is 31.0 Å². The van der Waals surface area contributed by atoms with E-state index in [2.05, 4.69) is 4.98 Å². The number of H-pyrrole nitrogens is 1. The fourth-order valence-electron chi connectivity index (χ4n) is 2.68. The molecule has 1 unspecified atom stereocenters. The SMILES string of the molecule is CC(C)OC[C@H]1O[C@@H](n2cc(CO)c(=O)[nH]c2=O)[C@@H](O)C1OC(C)C. The molecule has 2 rings (SSSR count). The van der Waals surface area contributed by atoms with E-state index in [0.29, 0.717) is 0 Å². The Hall–Kier alpha value is -1.52. The lowest BCUT2D eigenvalue weighted by Gasteiger charge is -2.23. The molecular weight excluding hydrogens is 332 g/mol. The van der Waals surface area contributed by atoms with Gasteiger partial charge in [-0.1, -0.05) is 0 Å². The average molecular weight is 358 g/mol. The molecule has 1 aliphatic heterocycles. The lowest BCUT2D eigenvalue weighted by atomic mass is 10.1. The minimum atomic E-state index is -1.14. The molecule has 1 fully saturated rings. The van der Waals surface area contributed by atoms with Gasteiger partial charge in [-0.2, -0.15) is 0 Å². The number of aromatic nitrogens is 2. The van der Waals surface area contributed by atoms with Gasteiger partial charge >= 0.3 is 5.69 Å². The number of hydrogen-bond donors (Lipinski definition) is 3. The van der Waals surface area contributed by atoms with Crippen molar-refractivity contribution in [2.24, 2.45) is 0 Å². The highest BCUT2D eigenvalue weighted by molar-refractivity contribution is 5.04. The van der Waals surface area contributed by atoms with Gasteiger partial charge in [-0.3, -0.25) is 14.3 Å². The number of rotatable bonds is 7. The Balaban J connectivity index is 2.32. The summed E-state index contributed by atoms with van der Waals surface area (Å²) in [6.45, 7) is 7.06. The van der Waals surface area contributed by atoms with E-state index >= 15 is 0 Å². The van der Waals surface area contributed by atoms with Crippen LogP contribution in [0.25, 0.3) is 0 Å². The number of aliphatic hydroxyl groups is 2. The molecule has 9 nitrogen and oxygen atoms in total. The molecule has 4 atom stereocenters. The molecule has 0 radical (unpaired) electrons. The number of nitrogens with one attached hydrogen (secondary N) is 1. The minimum Gasteiger partial charge on any atom is -0.391 e. The van der Waals surface area contributed by atoms with Crippen molar-refractivity contribution < 1.29 is 24.4 Å². The smallest absolute Gasteiger partial charge is 0.330 e. The van der Waals surface area contributed by atoms with Crippen LogP contribution in [0.2, 0.25) is 0 Å². The third kappa shape index (κ3) is 4.56. The van der Waals surface area contributed by atoms with E-state index in [1.54, 1.807) is 0 Å². The Morgan fingerprint density at radius 1 is 1.28 bits per heavy atom. The van der Waals surface area contributed by atoms with Crippen molar-refractivity contribution in [3.05, 3.63) is 32.6 Å². The minimum absolute atomic E-state index is 0.00129. The molecule has 1 aromatic rings. The summed E-state index contributed by atoms with van der Waals surface area (Å²) in [5.41, 5.74) is -1.41. The predicted molar refractivity (Wildman–Crippen MR) is 88.3 cm³/mol. The second-order valence-corrected chi connectivity index (χ2v) is 6.57. The van der Waals surface area contributed by atoms with Gasteiger partial charge < -0.3 is 24.4 Å². The first-order chi connectivity index (χ1) is 11.7. The van der Waals surface area contributed by atoms with Crippen LogP contribution in [0.5, 0.6) is 0 Å².